The monoisotopic (exact) mass is 303 g/mol. The van der Waals surface area contributed by atoms with Gasteiger partial charge in [-0.3, -0.25) is 9.69 Å². The molecule has 0 saturated carbocycles. The second-order valence-corrected chi connectivity index (χ2v) is 4.97. The van der Waals surface area contributed by atoms with Crippen LogP contribution in [0.3, 0.4) is 0 Å². The first-order valence-electron chi connectivity index (χ1n) is 7.20. The van der Waals surface area contributed by atoms with Crippen LogP contribution in [-0.2, 0) is 9.53 Å². The number of likely N-dealkylation sites (tertiary alicyclic amines) is 1. The fourth-order valence-corrected chi connectivity index (χ4v) is 2.18. The van der Waals surface area contributed by atoms with Crippen molar-refractivity contribution in [1.82, 2.24) is 4.90 Å². The molecule has 1 heterocycles. The molecule has 6 heteroatoms. The fraction of sp³-hybridized carbons (Fsp3) is 0.438. The van der Waals surface area contributed by atoms with Crippen molar-refractivity contribution < 1.29 is 14.3 Å². The highest BCUT2D eigenvalue weighted by Crippen LogP contribution is 2.22. The van der Waals surface area contributed by atoms with E-state index in [1.54, 1.807) is 6.92 Å². The predicted octanol–water partition coefficient (Wildman–Crippen LogP) is 2.63. The SMILES string of the molecule is CCOC(=O)N1CC(C)CC1C#N.O=CNc1ccccc1. The molecule has 1 aromatic carbocycles. The van der Waals surface area contributed by atoms with Crippen molar-refractivity contribution >= 4 is 18.2 Å². The van der Waals surface area contributed by atoms with Gasteiger partial charge in [0.25, 0.3) is 0 Å². The molecule has 2 rings (SSSR count). The van der Waals surface area contributed by atoms with Crippen LogP contribution in [0.4, 0.5) is 10.5 Å². The molecule has 1 fully saturated rings. The van der Waals surface area contributed by atoms with Crippen LogP contribution in [0.1, 0.15) is 20.3 Å². The minimum absolute atomic E-state index is 0.297. The number of nitrogens with one attached hydrogen (secondary N) is 1. The summed E-state index contributed by atoms with van der Waals surface area (Å²) in [6.45, 7) is 4.79. The Labute approximate surface area is 130 Å². The van der Waals surface area contributed by atoms with Gasteiger partial charge in [0.1, 0.15) is 6.04 Å². The van der Waals surface area contributed by atoms with Crippen LogP contribution in [0.2, 0.25) is 0 Å². The van der Waals surface area contributed by atoms with Gasteiger partial charge in [-0.25, -0.2) is 4.79 Å². The quantitative estimate of drug-likeness (QED) is 0.870. The highest BCUT2D eigenvalue weighted by molar-refractivity contribution is 5.70. The Morgan fingerprint density at radius 1 is 1.50 bits per heavy atom. The number of ether oxygens (including phenoxy) is 1. The van der Waals surface area contributed by atoms with Crippen LogP contribution in [0.5, 0.6) is 0 Å². The summed E-state index contributed by atoms with van der Waals surface area (Å²) in [6, 6.07) is 11.1. The Morgan fingerprint density at radius 2 is 2.18 bits per heavy atom. The van der Waals surface area contributed by atoms with E-state index in [4.69, 9.17) is 10.00 Å². The minimum atomic E-state index is -0.363. The second-order valence-electron chi connectivity index (χ2n) is 4.97. The van der Waals surface area contributed by atoms with Gasteiger partial charge in [0, 0.05) is 12.2 Å². The van der Waals surface area contributed by atoms with Crippen molar-refractivity contribution in [3.8, 4) is 6.07 Å². The molecule has 118 valence electrons. The number of carbonyl (C=O) groups is 2. The zero-order valence-corrected chi connectivity index (χ0v) is 12.9. The number of amides is 2. The van der Waals surface area contributed by atoms with E-state index in [2.05, 4.69) is 11.4 Å². The van der Waals surface area contributed by atoms with Crippen molar-refractivity contribution in [2.24, 2.45) is 5.92 Å². The van der Waals surface area contributed by atoms with Crippen LogP contribution >= 0.6 is 0 Å². The van der Waals surface area contributed by atoms with Crippen molar-refractivity contribution in [1.29, 1.82) is 5.26 Å². The number of anilines is 1. The van der Waals surface area contributed by atoms with Gasteiger partial charge >= 0.3 is 6.09 Å². The minimum Gasteiger partial charge on any atom is -0.450 e. The van der Waals surface area contributed by atoms with E-state index in [-0.39, 0.29) is 12.1 Å². The highest BCUT2D eigenvalue weighted by Gasteiger charge is 2.33. The molecule has 1 aliphatic rings. The highest BCUT2D eigenvalue weighted by atomic mass is 16.6. The standard InChI is InChI=1S/C9H14N2O2.C7H7NO/c1-3-13-9(12)11-6-7(2)4-8(11)5-10;9-6-8-7-4-2-1-3-5-7/h7-8H,3-4,6H2,1-2H3;1-6H,(H,8,9). The molecule has 1 aliphatic heterocycles. The molecule has 0 aromatic heterocycles. The largest absolute Gasteiger partial charge is 0.450 e. The van der Waals surface area contributed by atoms with Gasteiger partial charge in [0.2, 0.25) is 6.41 Å². The molecule has 22 heavy (non-hydrogen) atoms. The summed E-state index contributed by atoms with van der Waals surface area (Å²) in [4.78, 5) is 22.7. The third kappa shape index (κ3) is 5.44. The first-order valence-corrected chi connectivity index (χ1v) is 7.20. The Morgan fingerprint density at radius 3 is 2.73 bits per heavy atom. The van der Waals surface area contributed by atoms with Gasteiger partial charge in [-0.15, -0.1) is 0 Å². The van der Waals surface area contributed by atoms with Crippen molar-refractivity contribution in [2.45, 2.75) is 26.3 Å². The lowest BCUT2D eigenvalue weighted by Crippen LogP contribution is -2.35. The van der Waals surface area contributed by atoms with Crippen LogP contribution < -0.4 is 5.32 Å². The first-order chi connectivity index (χ1) is 10.6. The number of nitriles is 1. The number of hydrogen-bond acceptors (Lipinski definition) is 4. The van der Waals surface area contributed by atoms with Gasteiger partial charge in [0.15, 0.2) is 0 Å². The van der Waals surface area contributed by atoms with Crippen LogP contribution in [-0.4, -0.2) is 36.6 Å². The van der Waals surface area contributed by atoms with E-state index in [0.717, 1.165) is 12.1 Å². The molecule has 2 amide bonds. The number of hydrogen-bond donors (Lipinski definition) is 1. The average molecular weight is 303 g/mol. The van der Waals surface area contributed by atoms with Gasteiger partial charge in [-0.05, 0) is 31.4 Å². The number of nitrogens with zero attached hydrogens (tertiary/aromatic N) is 2. The Kier molecular flexibility index (Phi) is 7.48. The summed E-state index contributed by atoms with van der Waals surface area (Å²) in [5.41, 5.74) is 0.826. The fourth-order valence-electron chi connectivity index (χ4n) is 2.18. The smallest absolute Gasteiger partial charge is 0.410 e. The third-order valence-corrected chi connectivity index (χ3v) is 3.16. The van der Waals surface area contributed by atoms with Crippen molar-refractivity contribution in [3.05, 3.63) is 30.3 Å². The lowest BCUT2D eigenvalue weighted by molar-refractivity contribution is -0.105. The third-order valence-electron chi connectivity index (χ3n) is 3.16. The molecule has 1 saturated heterocycles. The summed E-state index contributed by atoms with van der Waals surface area (Å²) < 4.78 is 4.84. The zero-order valence-electron chi connectivity index (χ0n) is 12.9. The number of carbonyl (C=O) groups excluding carboxylic acids is 2. The molecule has 2 unspecified atom stereocenters. The van der Waals surface area contributed by atoms with E-state index >= 15 is 0 Å². The molecule has 6 nitrogen and oxygen atoms in total. The lowest BCUT2D eigenvalue weighted by atomic mass is 10.1. The van der Waals surface area contributed by atoms with Crippen molar-refractivity contribution in [3.63, 3.8) is 0 Å². The molecule has 1 N–H and O–H groups in total. The maximum absolute atomic E-state index is 11.3. The van der Waals surface area contributed by atoms with Crippen LogP contribution in [0.25, 0.3) is 0 Å². The summed E-state index contributed by atoms with van der Waals surface area (Å²) in [7, 11) is 0. The first kappa shape index (κ1) is 17.5. The van der Waals surface area contributed by atoms with Crippen molar-refractivity contribution in [2.75, 3.05) is 18.5 Å². The number of rotatable bonds is 3. The van der Waals surface area contributed by atoms with Gasteiger partial charge in [-0.2, -0.15) is 5.26 Å². The molecule has 0 aliphatic carbocycles. The van der Waals surface area contributed by atoms with E-state index in [1.165, 1.54) is 4.90 Å². The summed E-state index contributed by atoms with van der Waals surface area (Å²) in [5, 5.41) is 11.3. The van der Waals surface area contributed by atoms with Crippen LogP contribution in [0.15, 0.2) is 30.3 Å². The zero-order chi connectivity index (χ0) is 16.4. The molecular weight excluding hydrogens is 282 g/mol. The molecular formula is C16H21N3O3. The normalized spacial score (nSPS) is 19.4. The summed E-state index contributed by atoms with van der Waals surface area (Å²) in [5.74, 6) is 0.397. The maximum Gasteiger partial charge on any atom is 0.410 e. The molecule has 2 atom stereocenters. The van der Waals surface area contributed by atoms with E-state index in [1.807, 2.05) is 37.3 Å². The Balaban J connectivity index is 0.000000235. The summed E-state index contributed by atoms with van der Waals surface area (Å²) >= 11 is 0. The lowest BCUT2D eigenvalue weighted by Gasteiger charge is -2.18. The second kappa shape index (κ2) is 9.40. The maximum atomic E-state index is 11.3. The number of para-hydroxylation sites is 1. The van der Waals surface area contributed by atoms with Gasteiger partial charge < -0.3 is 10.1 Å². The Hall–Kier alpha value is -2.55. The van der Waals surface area contributed by atoms with Gasteiger partial charge in [-0.1, -0.05) is 25.1 Å². The average Bonchev–Trinajstić information content (AvgIpc) is 2.91. The number of benzene rings is 1. The van der Waals surface area contributed by atoms with E-state index in [0.29, 0.717) is 25.5 Å². The molecule has 0 spiro atoms. The van der Waals surface area contributed by atoms with E-state index < -0.39 is 0 Å². The molecule has 0 radical (unpaired) electrons. The van der Waals surface area contributed by atoms with E-state index in [9.17, 15) is 9.59 Å². The van der Waals surface area contributed by atoms with Crippen LogP contribution in [0, 0.1) is 17.2 Å². The van der Waals surface area contributed by atoms with Gasteiger partial charge in [0.05, 0.1) is 12.7 Å². The summed E-state index contributed by atoms with van der Waals surface area (Å²) in [6.07, 6.45) is 1.06. The topological polar surface area (TPSA) is 82.4 Å². The predicted molar refractivity (Wildman–Crippen MR) is 83.0 cm³/mol. The Bertz CT molecular complexity index is 513. The molecule has 1 aromatic rings. The molecule has 0 bridgehead atoms.